The minimum absolute atomic E-state index is 0.00107. The molecule has 0 aliphatic heterocycles. The highest BCUT2D eigenvalue weighted by atomic mass is 16.5. The fourth-order valence-corrected chi connectivity index (χ4v) is 2.82. The minimum atomic E-state index is -0.509. The molecule has 1 aliphatic carbocycles. The van der Waals surface area contributed by atoms with Crippen LogP contribution < -0.4 is 5.32 Å². The van der Waals surface area contributed by atoms with E-state index in [0.29, 0.717) is 17.3 Å². The number of oxazole rings is 1. The first-order chi connectivity index (χ1) is 11.7. The number of aliphatic hydroxyl groups excluding tert-OH is 1. The van der Waals surface area contributed by atoms with Gasteiger partial charge in [0.2, 0.25) is 5.89 Å². The van der Waals surface area contributed by atoms with Crippen LogP contribution in [0.2, 0.25) is 0 Å². The van der Waals surface area contributed by atoms with Gasteiger partial charge < -0.3 is 19.6 Å². The number of nitrogens with zero attached hydrogens (tertiary/aromatic N) is 2. The van der Waals surface area contributed by atoms with Crippen molar-refractivity contribution in [2.45, 2.75) is 44.8 Å². The monoisotopic (exact) mass is 331 g/mol. The van der Waals surface area contributed by atoms with E-state index < -0.39 is 5.97 Å². The molecule has 0 bridgehead atoms. The number of anilines is 1. The Morgan fingerprint density at radius 3 is 3.08 bits per heavy atom. The highest BCUT2D eigenvalue weighted by Crippen LogP contribution is 2.24. The molecular formula is C17H21N3O4. The predicted octanol–water partition coefficient (Wildman–Crippen LogP) is 2.63. The Kier molecular flexibility index (Phi) is 5.10. The van der Waals surface area contributed by atoms with E-state index in [1.54, 1.807) is 25.3 Å². The molecule has 1 aliphatic rings. The van der Waals surface area contributed by atoms with Crippen molar-refractivity contribution in [1.29, 1.82) is 0 Å². The molecule has 0 unspecified atom stereocenters. The molecule has 0 amide bonds. The van der Waals surface area contributed by atoms with Crippen LogP contribution in [0.1, 0.15) is 43.1 Å². The van der Waals surface area contributed by atoms with Crippen molar-refractivity contribution in [2.75, 3.05) is 11.9 Å². The van der Waals surface area contributed by atoms with Gasteiger partial charge in [-0.15, -0.1) is 0 Å². The standard InChI is InChI=1S/C17H21N3O4/c1-2-23-17(22)13-10-24-16(20-13)11-7-8-18-15(9-11)19-12-5-3-4-6-14(12)21/h7-10,12,14,21H,2-6H2,1H3,(H,18,19)/t12-,14-/m0/s1. The Morgan fingerprint density at radius 2 is 2.29 bits per heavy atom. The molecule has 128 valence electrons. The third kappa shape index (κ3) is 3.73. The maximum Gasteiger partial charge on any atom is 0.360 e. The van der Waals surface area contributed by atoms with Crippen molar-refractivity contribution < 1.29 is 19.1 Å². The van der Waals surface area contributed by atoms with Gasteiger partial charge in [0.05, 0.1) is 18.8 Å². The zero-order valence-corrected chi connectivity index (χ0v) is 13.6. The summed E-state index contributed by atoms with van der Waals surface area (Å²) in [6.07, 6.45) is 6.43. The molecule has 0 radical (unpaired) electrons. The van der Waals surface area contributed by atoms with E-state index in [1.165, 1.54) is 6.26 Å². The van der Waals surface area contributed by atoms with Gasteiger partial charge >= 0.3 is 5.97 Å². The molecule has 0 spiro atoms. The molecule has 0 saturated heterocycles. The molecule has 2 heterocycles. The number of aromatic nitrogens is 2. The van der Waals surface area contributed by atoms with Gasteiger partial charge in [0, 0.05) is 11.8 Å². The van der Waals surface area contributed by atoms with Crippen LogP contribution in [0, 0.1) is 0 Å². The van der Waals surface area contributed by atoms with Gasteiger partial charge in [0.25, 0.3) is 0 Å². The molecule has 2 aromatic heterocycles. The summed E-state index contributed by atoms with van der Waals surface area (Å²) in [5.74, 6) is 0.465. The number of rotatable bonds is 5. The number of hydrogen-bond donors (Lipinski definition) is 2. The van der Waals surface area contributed by atoms with Crippen LogP contribution in [0.4, 0.5) is 5.82 Å². The summed E-state index contributed by atoms with van der Waals surface area (Å²) < 4.78 is 10.3. The minimum Gasteiger partial charge on any atom is -0.461 e. The number of carbonyl (C=O) groups excluding carboxylic acids is 1. The summed E-state index contributed by atoms with van der Waals surface area (Å²) in [7, 11) is 0. The molecule has 3 rings (SSSR count). The zero-order valence-electron chi connectivity index (χ0n) is 13.6. The van der Waals surface area contributed by atoms with E-state index in [9.17, 15) is 9.90 Å². The molecular weight excluding hydrogens is 310 g/mol. The molecule has 24 heavy (non-hydrogen) atoms. The van der Waals surface area contributed by atoms with Gasteiger partial charge in [-0.05, 0) is 31.9 Å². The molecule has 1 saturated carbocycles. The lowest BCUT2D eigenvalue weighted by Gasteiger charge is -2.28. The van der Waals surface area contributed by atoms with Gasteiger partial charge in [-0.2, -0.15) is 0 Å². The Labute approximate surface area is 140 Å². The van der Waals surface area contributed by atoms with Crippen LogP contribution >= 0.6 is 0 Å². The maximum atomic E-state index is 11.7. The van der Waals surface area contributed by atoms with Gasteiger partial charge in [-0.3, -0.25) is 0 Å². The Morgan fingerprint density at radius 1 is 1.46 bits per heavy atom. The average molecular weight is 331 g/mol. The topological polar surface area (TPSA) is 97.5 Å². The van der Waals surface area contributed by atoms with Crippen LogP contribution in [0.15, 0.2) is 29.0 Å². The Bertz CT molecular complexity index is 701. The van der Waals surface area contributed by atoms with Crippen molar-refractivity contribution in [1.82, 2.24) is 9.97 Å². The molecule has 1 fully saturated rings. The second-order valence-electron chi connectivity index (χ2n) is 5.79. The summed E-state index contributed by atoms with van der Waals surface area (Å²) in [6, 6.07) is 3.55. The SMILES string of the molecule is CCOC(=O)c1coc(-c2ccnc(N[C@H]3CCCC[C@@H]3O)c2)n1. The smallest absolute Gasteiger partial charge is 0.360 e. The summed E-state index contributed by atoms with van der Waals surface area (Å²) in [5.41, 5.74) is 0.842. The normalized spacial score (nSPS) is 20.6. The summed E-state index contributed by atoms with van der Waals surface area (Å²) in [5, 5.41) is 13.3. The van der Waals surface area contributed by atoms with Crippen molar-refractivity contribution in [3.05, 3.63) is 30.3 Å². The van der Waals surface area contributed by atoms with E-state index >= 15 is 0 Å². The van der Waals surface area contributed by atoms with Crippen molar-refractivity contribution in [2.24, 2.45) is 0 Å². The number of pyridine rings is 1. The second-order valence-corrected chi connectivity index (χ2v) is 5.79. The summed E-state index contributed by atoms with van der Waals surface area (Å²) in [6.45, 7) is 2.02. The molecule has 7 heteroatoms. The number of nitrogens with one attached hydrogen (secondary N) is 1. The zero-order chi connectivity index (χ0) is 16.9. The first-order valence-corrected chi connectivity index (χ1v) is 8.21. The van der Waals surface area contributed by atoms with Crippen molar-refractivity contribution >= 4 is 11.8 Å². The average Bonchev–Trinajstić information content (AvgIpc) is 3.08. The van der Waals surface area contributed by atoms with Crippen LogP contribution in [-0.4, -0.2) is 39.8 Å². The lowest BCUT2D eigenvalue weighted by atomic mass is 9.92. The second kappa shape index (κ2) is 7.44. The Balaban J connectivity index is 1.74. The molecule has 7 nitrogen and oxygen atoms in total. The van der Waals surface area contributed by atoms with Crippen LogP contribution in [0.3, 0.4) is 0 Å². The first kappa shape index (κ1) is 16.4. The third-order valence-corrected chi connectivity index (χ3v) is 4.06. The van der Waals surface area contributed by atoms with Gasteiger partial charge in [0.15, 0.2) is 5.69 Å². The van der Waals surface area contributed by atoms with E-state index in [4.69, 9.17) is 9.15 Å². The number of esters is 1. The van der Waals surface area contributed by atoms with E-state index in [0.717, 1.165) is 25.7 Å². The van der Waals surface area contributed by atoms with Crippen molar-refractivity contribution in [3.8, 4) is 11.5 Å². The Hall–Kier alpha value is -2.41. The number of hydrogen-bond acceptors (Lipinski definition) is 7. The maximum absolute atomic E-state index is 11.7. The number of ether oxygens (including phenoxy) is 1. The molecule has 2 aromatic rings. The predicted molar refractivity (Wildman–Crippen MR) is 87.6 cm³/mol. The molecule has 2 N–H and O–H groups in total. The third-order valence-electron chi connectivity index (χ3n) is 4.06. The fraction of sp³-hybridized carbons (Fsp3) is 0.471. The van der Waals surface area contributed by atoms with Gasteiger partial charge in [-0.25, -0.2) is 14.8 Å². The van der Waals surface area contributed by atoms with Crippen LogP contribution in [0.5, 0.6) is 0 Å². The quantitative estimate of drug-likeness (QED) is 0.813. The van der Waals surface area contributed by atoms with Crippen LogP contribution in [-0.2, 0) is 4.74 Å². The van der Waals surface area contributed by atoms with E-state index in [-0.39, 0.29) is 24.4 Å². The number of carbonyl (C=O) groups is 1. The van der Waals surface area contributed by atoms with Gasteiger partial charge in [0.1, 0.15) is 12.1 Å². The van der Waals surface area contributed by atoms with Crippen molar-refractivity contribution in [3.63, 3.8) is 0 Å². The lowest BCUT2D eigenvalue weighted by molar-refractivity contribution is 0.0519. The first-order valence-electron chi connectivity index (χ1n) is 8.21. The highest BCUT2D eigenvalue weighted by Gasteiger charge is 2.23. The highest BCUT2D eigenvalue weighted by molar-refractivity contribution is 5.87. The van der Waals surface area contributed by atoms with Gasteiger partial charge in [-0.1, -0.05) is 12.8 Å². The summed E-state index contributed by atoms with van der Waals surface area (Å²) >= 11 is 0. The van der Waals surface area contributed by atoms with E-state index in [1.807, 2.05) is 0 Å². The number of aliphatic hydroxyl groups is 1. The molecule has 0 aromatic carbocycles. The largest absolute Gasteiger partial charge is 0.461 e. The fourth-order valence-electron chi connectivity index (χ4n) is 2.82. The lowest BCUT2D eigenvalue weighted by Crippen LogP contribution is -2.36. The molecule has 2 atom stereocenters. The van der Waals surface area contributed by atoms with E-state index in [2.05, 4.69) is 15.3 Å². The summed E-state index contributed by atoms with van der Waals surface area (Å²) in [4.78, 5) is 20.1. The van der Waals surface area contributed by atoms with Crippen LogP contribution in [0.25, 0.3) is 11.5 Å².